The smallest absolute Gasteiger partial charge is 0.161 e. The number of ketones is 1. The van der Waals surface area contributed by atoms with Gasteiger partial charge in [0.25, 0.3) is 0 Å². The highest BCUT2D eigenvalue weighted by Gasteiger charge is 2.26. The second kappa shape index (κ2) is 2.80. The summed E-state index contributed by atoms with van der Waals surface area (Å²) in [5.41, 5.74) is 0. The third-order valence-corrected chi connectivity index (χ3v) is 1.66. The maximum Gasteiger partial charge on any atom is 0.161 e. The largest absolute Gasteiger partial charge is 0.388 e. The lowest BCUT2D eigenvalue weighted by atomic mass is 10.0. The summed E-state index contributed by atoms with van der Waals surface area (Å²) in [5, 5.41) is 9.14. The molecule has 0 spiro atoms. The number of carbonyl (C=O) groups is 1. The van der Waals surface area contributed by atoms with Gasteiger partial charge in [0, 0.05) is 0 Å². The predicted molar refractivity (Wildman–Crippen MR) is 38.5 cm³/mol. The molecule has 0 bridgehead atoms. The molecule has 0 saturated carbocycles. The molecule has 2 heteroatoms. The SMILES string of the molecule is C=CC[C@@H]1C(=O)C=C[C@H]1O. The highest BCUT2D eigenvalue weighted by atomic mass is 16.3. The van der Waals surface area contributed by atoms with Crippen LogP contribution in [0.3, 0.4) is 0 Å². The lowest BCUT2D eigenvalue weighted by Crippen LogP contribution is -2.18. The maximum atomic E-state index is 10.9. The van der Waals surface area contributed by atoms with Crippen molar-refractivity contribution < 1.29 is 9.90 Å². The molecule has 0 radical (unpaired) electrons. The van der Waals surface area contributed by atoms with Crippen molar-refractivity contribution in [2.75, 3.05) is 0 Å². The van der Waals surface area contributed by atoms with Crippen LogP contribution >= 0.6 is 0 Å². The van der Waals surface area contributed by atoms with Gasteiger partial charge in [-0.15, -0.1) is 6.58 Å². The molecule has 10 heavy (non-hydrogen) atoms. The average molecular weight is 138 g/mol. The van der Waals surface area contributed by atoms with E-state index in [1.807, 2.05) is 0 Å². The van der Waals surface area contributed by atoms with Gasteiger partial charge >= 0.3 is 0 Å². The van der Waals surface area contributed by atoms with E-state index in [0.29, 0.717) is 6.42 Å². The number of rotatable bonds is 2. The summed E-state index contributed by atoms with van der Waals surface area (Å²) in [6, 6.07) is 0. The molecular formula is C8H10O2. The number of aliphatic hydroxyl groups is 1. The molecule has 0 aromatic rings. The van der Waals surface area contributed by atoms with Gasteiger partial charge in [0.1, 0.15) is 0 Å². The van der Waals surface area contributed by atoms with Gasteiger partial charge in [-0.1, -0.05) is 12.2 Å². The number of carbonyl (C=O) groups excluding carboxylic acids is 1. The Morgan fingerprint density at radius 2 is 2.50 bits per heavy atom. The van der Waals surface area contributed by atoms with Gasteiger partial charge in [-0.3, -0.25) is 4.79 Å². The first-order valence-electron chi connectivity index (χ1n) is 3.26. The van der Waals surface area contributed by atoms with E-state index >= 15 is 0 Å². The van der Waals surface area contributed by atoms with Crippen LogP contribution in [0.5, 0.6) is 0 Å². The van der Waals surface area contributed by atoms with Crippen LogP contribution in [-0.4, -0.2) is 17.0 Å². The zero-order chi connectivity index (χ0) is 7.56. The molecular weight excluding hydrogens is 128 g/mol. The molecule has 1 aliphatic rings. The van der Waals surface area contributed by atoms with Crippen molar-refractivity contribution in [3.63, 3.8) is 0 Å². The summed E-state index contributed by atoms with van der Waals surface area (Å²) < 4.78 is 0. The van der Waals surface area contributed by atoms with Crippen molar-refractivity contribution in [2.45, 2.75) is 12.5 Å². The minimum Gasteiger partial charge on any atom is -0.388 e. The number of hydrogen-bond acceptors (Lipinski definition) is 2. The van der Waals surface area contributed by atoms with E-state index in [9.17, 15) is 4.79 Å². The lowest BCUT2D eigenvalue weighted by Gasteiger charge is -2.08. The Balaban J connectivity index is 2.59. The van der Waals surface area contributed by atoms with Crippen molar-refractivity contribution in [1.82, 2.24) is 0 Å². The van der Waals surface area contributed by atoms with Gasteiger partial charge in [-0.2, -0.15) is 0 Å². The normalized spacial score (nSPS) is 31.1. The van der Waals surface area contributed by atoms with Gasteiger partial charge < -0.3 is 5.11 Å². The molecule has 0 saturated heterocycles. The fourth-order valence-electron chi connectivity index (χ4n) is 1.05. The van der Waals surface area contributed by atoms with Crippen LogP contribution in [0.2, 0.25) is 0 Å². The van der Waals surface area contributed by atoms with Crippen LogP contribution in [0, 0.1) is 5.92 Å². The molecule has 1 rings (SSSR count). The van der Waals surface area contributed by atoms with Gasteiger partial charge in [-0.25, -0.2) is 0 Å². The Morgan fingerprint density at radius 1 is 1.80 bits per heavy atom. The molecule has 0 aliphatic heterocycles. The Labute approximate surface area is 59.9 Å². The molecule has 2 nitrogen and oxygen atoms in total. The molecule has 54 valence electrons. The minimum absolute atomic E-state index is 0.00685. The first kappa shape index (κ1) is 7.22. The van der Waals surface area contributed by atoms with Crippen LogP contribution in [-0.2, 0) is 4.79 Å². The quantitative estimate of drug-likeness (QED) is 0.570. The molecule has 1 aliphatic carbocycles. The summed E-state index contributed by atoms with van der Waals surface area (Å²) in [4.78, 5) is 10.9. The fraction of sp³-hybridized carbons (Fsp3) is 0.375. The molecule has 0 heterocycles. The third-order valence-electron chi connectivity index (χ3n) is 1.66. The van der Waals surface area contributed by atoms with E-state index in [1.54, 1.807) is 6.08 Å². The standard InChI is InChI=1S/C8H10O2/c1-2-3-6-7(9)4-5-8(6)10/h2,4-7,9H,1,3H2/t6-,7+/m0/s1. The van der Waals surface area contributed by atoms with Gasteiger partial charge in [-0.05, 0) is 12.5 Å². The third kappa shape index (κ3) is 1.16. The zero-order valence-electron chi connectivity index (χ0n) is 5.66. The highest BCUT2D eigenvalue weighted by Crippen LogP contribution is 2.18. The van der Waals surface area contributed by atoms with E-state index in [1.165, 1.54) is 12.2 Å². The second-order valence-corrected chi connectivity index (χ2v) is 2.38. The monoisotopic (exact) mass is 138 g/mol. The summed E-state index contributed by atoms with van der Waals surface area (Å²) in [6.07, 6.45) is 4.58. The summed E-state index contributed by atoms with van der Waals surface area (Å²) in [5.74, 6) is -0.259. The van der Waals surface area contributed by atoms with Crippen LogP contribution in [0.4, 0.5) is 0 Å². The molecule has 0 fully saturated rings. The number of hydrogen-bond donors (Lipinski definition) is 1. The Kier molecular flexibility index (Phi) is 2.02. The molecule has 1 N–H and O–H groups in total. The van der Waals surface area contributed by atoms with Crippen LogP contribution in [0.15, 0.2) is 24.8 Å². The molecule has 0 unspecified atom stereocenters. The Morgan fingerprint density at radius 3 is 2.90 bits per heavy atom. The number of aliphatic hydroxyl groups excluding tert-OH is 1. The highest BCUT2D eigenvalue weighted by molar-refractivity contribution is 5.95. The van der Waals surface area contributed by atoms with Crippen LogP contribution in [0.25, 0.3) is 0 Å². The molecule has 2 atom stereocenters. The second-order valence-electron chi connectivity index (χ2n) is 2.38. The Hall–Kier alpha value is -0.890. The topological polar surface area (TPSA) is 37.3 Å². The van der Waals surface area contributed by atoms with E-state index in [2.05, 4.69) is 6.58 Å². The molecule has 0 amide bonds. The summed E-state index contributed by atoms with van der Waals surface area (Å²) in [7, 11) is 0. The van der Waals surface area contributed by atoms with Crippen LogP contribution < -0.4 is 0 Å². The van der Waals surface area contributed by atoms with Crippen molar-refractivity contribution in [2.24, 2.45) is 5.92 Å². The van der Waals surface area contributed by atoms with Crippen molar-refractivity contribution in [3.05, 3.63) is 24.8 Å². The fourth-order valence-corrected chi connectivity index (χ4v) is 1.05. The van der Waals surface area contributed by atoms with Crippen molar-refractivity contribution in [1.29, 1.82) is 0 Å². The summed E-state index contributed by atoms with van der Waals surface area (Å²) >= 11 is 0. The zero-order valence-corrected chi connectivity index (χ0v) is 5.66. The Bertz CT molecular complexity index is 182. The van der Waals surface area contributed by atoms with Gasteiger partial charge in [0.05, 0.1) is 12.0 Å². The van der Waals surface area contributed by atoms with E-state index < -0.39 is 6.10 Å². The van der Waals surface area contributed by atoms with Crippen molar-refractivity contribution in [3.8, 4) is 0 Å². The van der Waals surface area contributed by atoms with Gasteiger partial charge in [0.15, 0.2) is 5.78 Å². The van der Waals surface area contributed by atoms with E-state index in [0.717, 1.165) is 0 Å². The minimum atomic E-state index is -0.592. The first-order chi connectivity index (χ1) is 4.75. The molecule has 0 aromatic carbocycles. The first-order valence-corrected chi connectivity index (χ1v) is 3.26. The maximum absolute atomic E-state index is 10.9. The van der Waals surface area contributed by atoms with Crippen LogP contribution in [0.1, 0.15) is 6.42 Å². The average Bonchev–Trinajstić information content (AvgIpc) is 2.20. The summed E-state index contributed by atoms with van der Waals surface area (Å²) in [6.45, 7) is 3.50. The predicted octanol–water partition coefficient (Wildman–Crippen LogP) is 0.678. The van der Waals surface area contributed by atoms with E-state index in [-0.39, 0.29) is 11.7 Å². The molecule has 0 aromatic heterocycles. The van der Waals surface area contributed by atoms with Crippen molar-refractivity contribution >= 4 is 5.78 Å². The number of allylic oxidation sites excluding steroid dienone is 2. The van der Waals surface area contributed by atoms with E-state index in [4.69, 9.17) is 5.11 Å². The van der Waals surface area contributed by atoms with Gasteiger partial charge in [0.2, 0.25) is 0 Å². The lowest BCUT2D eigenvalue weighted by molar-refractivity contribution is -0.119.